The zero-order chi connectivity index (χ0) is 21.9. The number of H-pyrrole nitrogens is 1. The molecule has 1 aromatic heterocycles. The summed E-state index contributed by atoms with van der Waals surface area (Å²) in [5.41, 5.74) is 8.77. The number of anilines is 2. The highest BCUT2D eigenvalue weighted by atomic mass is 16.3. The number of hydrogen-bond donors (Lipinski definition) is 5. The molecule has 0 fully saturated rings. The van der Waals surface area contributed by atoms with Crippen LogP contribution < -0.4 is 16.0 Å². The summed E-state index contributed by atoms with van der Waals surface area (Å²) in [6.45, 7) is 0.839. The first-order valence-corrected chi connectivity index (χ1v) is 9.51. The molecule has 2 aromatic carbocycles. The van der Waals surface area contributed by atoms with Crippen LogP contribution in [0.5, 0.6) is 0 Å². The van der Waals surface area contributed by atoms with Crippen LogP contribution in [-0.4, -0.2) is 48.3 Å². The molecule has 0 saturated heterocycles. The van der Waals surface area contributed by atoms with Gasteiger partial charge in [0.05, 0.1) is 6.61 Å². The van der Waals surface area contributed by atoms with Crippen LogP contribution in [0.2, 0.25) is 0 Å². The van der Waals surface area contributed by atoms with Crippen LogP contribution in [0.1, 0.15) is 18.4 Å². The Morgan fingerprint density at radius 2 is 1.97 bits per heavy atom. The number of carbonyl (C=O) groups is 2. The SMILES string of the molecule is CN(CCO)c1ccc2cc[nH]c2c1.N=C(N)c1ccc(NC(=O)CCC=O)cc1. The lowest BCUT2D eigenvalue weighted by Gasteiger charge is -2.17. The number of amidine groups is 1. The fourth-order valence-electron chi connectivity index (χ4n) is 2.70. The van der Waals surface area contributed by atoms with Crippen molar-refractivity contribution in [3.63, 3.8) is 0 Å². The number of aliphatic hydroxyl groups is 1. The Morgan fingerprint density at radius 1 is 1.23 bits per heavy atom. The van der Waals surface area contributed by atoms with Gasteiger partial charge in [0.1, 0.15) is 12.1 Å². The van der Waals surface area contributed by atoms with Gasteiger partial charge in [-0.1, -0.05) is 6.07 Å². The summed E-state index contributed by atoms with van der Waals surface area (Å²) in [7, 11) is 1.97. The molecule has 0 aliphatic heterocycles. The third-order valence-electron chi connectivity index (χ3n) is 4.38. The molecule has 0 aliphatic rings. The number of aldehydes is 1. The lowest BCUT2D eigenvalue weighted by molar-refractivity contribution is -0.118. The molecule has 0 atom stereocenters. The molecule has 0 radical (unpaired) electrons. The van der Waals surface area contributed by atoms with Gasteiger partial charge in [0.15, 0.2) is 0 Å². The Bertz CT molecular complexity index is 982. The minimum atomic E-state index is -0.206. The summed E-state index contributed by atoms with van der Waals surface area (Å²) >= 11 is 0. The number of aromatic nitrogens is 1. The zero-order valence-corrected chi connectivity index (χ0v) is 16.9. The first kappa shape index (κ1) is 22.6. The van der Waals surface area contributed by atoms with Crippen LogP contribution in [0, 0.1) is 5.41 Å². The number of amides is 1. The van der Waals surface area contributed by atoms with Gasteiger partial charge in [0.2, 0.25) is 5.91 Å². The van der Waals surface area contributed by atoms with E-state index in [4.69, 9.17) is 16.2 Å². The molecular weight excluding hydrogens is 382 g/mol. The van der Waals surface area contributed by atoms with Gasteiger partial charge >= 0.3 is 0 Å². The molecule has 1 amide bonds. The number of carbonyl (C=O) groups excluding carboxylic acids is 2. The van der Waals surface area contributed by atoms with Gasteiger partial charge in [-0.15, -0.1) is 0 Å². The highest BCUT2D eigenvalue weighted by Gasteiger charge is 2.03. The fourth-order valence-corrected chi connectivity index (χ4v) is 2.70. The van der Waals surface area contributed by atoms with Gasteiger partial charge in [-0.05, 0) is 47.9 Å². The van der Waals surface area contributed by atoms with Crippen molar-refractivity contribution in [3.05, 3.63) is 60.3 Å². The molecular formula is C22H27N5O3. The normalized spacial score (nSPS) is 10.1. The van der Waals surface area contributed by atoms with Crippen molar-refractivity contribution in [1.29, 1.82) is 5.41 Å². The van der Waals surface area contributed by atoms with Gasteiger partial charge < -0.3 is 30.8 Å². The number of nitrogen functional groups attached to an aromatic ring is 1. The second kappa shape index (κ2) is 11.4. The van der Waals surface area contributed by atoms with Gasteiger partial charge in [-0.25, -0.2) is 0 Å². The molecule has 1 heterocycles. The number of nitrogens with zero attached hydrogens (tertiary/aromatic N) is 1. The second-order valence-corrected chi connectivity index (χ2v) is 6.64. The number of aromatic amines is 1. The van der Waals surface area contributed by atoms with Crippen molar-refractivity contribution in [1.82, 2.24) is 4.98 Å². The first-order chi connectivity index (χ1) is 14.4. The summed E-state index contributed by atoms with van der Waals surface area (Å²) in [5, 5.41) is 19.9. The zero-order valence-electron chi connectivity index (χ0n) is 16.9. The van der Waals surface area contributed by atoms with E-state index in [1.54, 1.807) is 24.3 Å². The Balaban J connectivity index is 0.000000215. The Kier molecular flexibility index (Phi) is 8.58. The van der Waals surface area contributed by atoms with Crippen LogP contribution in [0.4, 0.5) is 11.4 Å². The maximum atomic E-state index is 11.3. The van der Waals surface area contributed by atoms with Crippen molar-refractivity contribution in [2.24, 2.45) is 5.73 Å². The lowest BCUT2D eigenvalue weighted by atomic mass is 10.2. The average molecular weight is 409 g/mol. The Labute approximate surface area is 175 Å². The van der Waals surface area contributed by atoms with Gasteiger partial charge in [0, 0.05) is 55.1 Å². The minimum absolute atomic E-state index is 0.0150. The summed E-state index contributed by atoms with van der Waals surface area (Å²) in [6, 6.07) is 14.9. The molecule has 0 unspecified atom stereocenters. The van der Waals surface area contributed by atoms with E-state index in [9.17, 15) is 9.59 Å². The maximum absolute atomic E-state index is 11.3. The first-order valence-electron chi connectivity index (χ1n) is 9.51. The maximum Gasteiger partial charge on any atom is 0.224 e. The Hall–Kier alpha value is -3.65. The summed E-state index contributed by atoms with van der Waals surface area (Å²) in [6.07, 6.45) is 3.04. The van der Waals surface area contributed by atoms with Crippen molar-refractivity contribution in [2.45, 2.75) is 12.8 Å². The molecule has 158 valence electrons. The fraction of sp³-hybridized carbons (Fsp3) is 0.227. The molecule has 8 heteroatoms. The molecule has 0 bridgehead atoms. The van der Waals surface area contributed by atoms with E-state index >= 15 is 0 Å². The van der Waals surface area contributed by atoms with E-state index in [0.29, 0.717) is 24.1 Å². The molecule has 6 N–H and O–H groups in total. The molecule has 30 heavy (non-hydrogen) atoms. The number of nitrogens with one attached hydrogen (secondary N) is 3. The van der Waals surface area contributed by atoms with Crippen LogP contribution in [0.3, 0.4) is 0 Å². The van der Waals surface area contributed by atoms with E-state index in [1.807, 2.05) is 24.2 Å². The quantitative estimate of drug-likeness (QED) is 0.221. The number of aliphatic hydroxyl groups excluding tert-OH is 1. The predicted molar refractivity (Wildman–Crippen MR) is 120 cm³/mol. The lowest BCUT2D eigenvalue weighted by Crippen LogP contribution is -2.20. The van der Waals surface area contributed by atoms with Crippen molar-refractivity contribution < 1.29 is 14.7 Å². The standard InChI is InChI=1S/C11H13N3O2.C11H14N2O/c12-11(13)8-3-5-9(6-4-8)14-10(16)2-1-7-15;1-13(6-7-14)10-3-2-9-4-5-12-11(9)8-10/h3-7H,1-2H2,(H3,12,13)(H,14,16);2-5,8,12,14H,6-7H2,1H3. The van der Waals surface area contributed by atoms with E-state index in [2.05, 4.69) is 28.5 Å². The molecule has 8 nitrogen and oxygen atoms in total. The summed E-state index contributed by atoms with van der Waals surface area (Å²) in [5.74, 6) is -0.221. The van der Waals surface area contributed by atoms with Gasteiger partial charge in [-0.3, -0.25) is 10.2 Å². The predicted octanol–water partition coefficient (Wildman–Crippen LogP) is 2.48. The van der Waals surface area contributed by atoms with Crippen molar-refractivity contribution >= 4 is 40.3 Å². The Morgan fingerprint density at radius 3 is 2.60 bits per heavy atom. The smallest absolute Gasteiger partial charge is 0.224 e. The topological polar surface area (TPSA) is 135 Å². The number of benzene rings is 2. The number of likely N-dealkylation sites (N-methyl/N-ethyl adjacent to an activating group) is 1. The molecule has 3 aromatic rings. The molecule has 3 rings (SSSR count). The average Bonchev–Trinajstić information content (AvgIpc) is 3.21. The van der Waals surface area contributed by atoms with Crippen LogP contribution in [0.15, 0.2) is 54.7 Å². The monoisotopic (exact) mass is 409 g/mol. The van der Waals surface area contributed by atoms with Crippen molar-refractivity contribution in [2.75, 3.05) is 30.4 Å². The number of rotatable bonds is 8. The van der Waals surface area contributed by atoms with E-state index in [0.717, 1.165) is 11.2 Å². The highest BCUT2D eigenvalue weighted by Crippen LogP contribution is 2.19. The van der Waals surface area contributed by atoms with Crippen LogP contribution in [-0.2, 0) is 9.59 Å². The van der Waals surface area contributed by atoms with Gasteiger partial charge in [0.25, 0.3) is 0 Å². The molecule has 0 spiro atoms. The van der Waals surface area contributed by atoms with E-state index in [-0.39, 0.29) is 31.2 Å². The molecule has 0 saturated carbocycles. The van der Waals surface area contributed by atoms with E-state index in [1.165, 1.54) is 5.39 Å². The third-order valence-corrected chi connectivity index (χ3v) is 4.38. The summed E-state index contributed by atoms with van der Waals surface area (Å²) in [4.78, 5) is 26.5. The van der Waals surface area contributed by atoms with Crippen LogP contribution in [0.25, 0.3) is 10.9 Å². The van der Waals surface area contributed by atoms with Crippen LogP contribution >= 0.6 is 0 Å². The third kappa shape index (κ3) is 6.75. The highest BCUT2D eigenvalue weighted by molar-refractivity contribution is 5.96. The number of nitrogens with two attached hydrogens (primary N) is 1. The summed E-state index contributed by atoms with van der Waals surface area (Å²) < 4.78 is 0. The van der Waals surface area contributed by atoms with Crippen molar-refractivity contribution in [3.8, 4) is 0 Å². The van der Waals surface area contributed by atoms with E-state index < -0.39 is 0 Å². The minimum Gasteiger partial charge on any atom is -0.395 e. The largest absolute Gasteiger partial charge is 0.395 e. The number of fused-ring (bicyclic) bond motifs is 1. The molecule has 0 aliphatic carbocycles. The number of hydrogen-bond acceptors (Lipinski definition) is 5. The van der Waals surface area contributed by atoms with Gasteiger partial charge in [-0.2, -0.15) is 0 Å². The second-order valence-electron chi connectivity index (χ2n) is 6.64.